The number of aliphatic hydroxyl groups is 1. The van der Waals surface area contributed by atoms with Crippen molar-refractivity contribution in [1.82, 2.24) is 19.6 Å². The Bertz CT molecular complexity index is 1580. The number of hydrogen-bond donors (Lipinski definition) is 4. The summed E-state index contributed by atoms with van der Waals surface area (Å²) in [5.41, 5.74) is 2.13. The highest BCUT2D eigenvalue weighted by atomic mass is 32.2. The predicted molar refractivity (Wildman–Crippen MR) is 169 cm³/mol. The quantitative estimate of drug-likeness (QED) is 0.216. The lowest BCUT2D eigenvalue weighted by Gasteiger charge is -2.31. The van der Waals surface area contributed by atoms with E-state index in [-0.39, 0.29) is 61.0 Å². The van der Waals surface area contributed by atoms with Crippen molar-refractivity contribution in [1.29, 1.82) is 0 Å². The molecule has 2 fully saturated rings. The van der Waals surface area contributed by atoms with Crippen LogP contribution in [0.2, 0.25) is 0 Å². The van der Waals surface area contributed by atoms with Crippen molar-refractivity contribution in [2.45, 2.75) is 63.0 Å². The van der Waals surface area contributed by atoms with Gasteiger partial charge in [0.05, 0.1) is 48.1 Å². The number of ether oxygens (including phenoxy) is 3. The van der Waals surface area contributed by atoms with Gasteiger partial charge in [-0.3, -0.25) is 10.1 Å². The van der Waals surface area contributed by atoms with Gasteiger partial charge < -0.3 is 29.6 Å². The molecule has 4 N–H and O–H groups in total. The summed E-state index contributed by atoms with van der Waals surface area (Å²) >= 11 is 0. The molecule has 2 aliphatic heterocycles. The van der Waals surface area contributed by atoms with E-state index < -0.39 is 34.4 Å². The zero-order valence-corrected chi connectivity index (χ0v) is 26.9. The summed E-state index contributed by atoms with van der Waals surface area (Å²) in [4.78, 5) is 31.5. The Labute approximate surface area is 268 Å². The lowest BCUT2D eigenvalue weighted by atomic mass is 10.0. The summed E-state index contributed by atoms with van der Waals surface area (Å²) in [6, 6.07) is 14.8. The number of rotatable bonds is 13. The van der Waals surface area contributed by atoms with Gasteiger partial charge in [-0.1, -0.05) is 56.3 Å². The molecule has 3 heterocycles. The molecule has 0 bridgehead atoms. The average molecular weight is 656 g/mol. The lowest BCUT2D eigenvalue weighted by molar-refractivity contribution is -0.114. The molecule has 2 saturated heterocycles. The van der Waals surface area contributed by atoms with Crippen LogP contribution in [0.3, 0.4) is 0 Å². The van der Waals surface area contributed by atoms with Gasteiger partial charge in [-0.05, 0) is 42.0 Å². The summed E-state index contributed by atoms with van der Waals surface area (Å²) in [6.07, 6.45) is -0.310. The fraction of sp³-hybridized carbons (Fsp3) is 0.469. The van der Waals surface area contributed by atoms with E-state index >= 15 is 0 Å². The Morgan fingerprint density at radius 1 is 1.11 bits per heavy atom. The van der Waals surface area contributed by atoms with Gasteiger partial charge in [-0.15, -0.1) is 0 Å². The molecule has 3 aromatic rings. The molecule has 1 aromatic heterocycles. The van der Waals surface area contributed by atoms with Gasteiger partial charge in [0.1, 0.15) is 6.10 Å². The number of carbonyl (C=O) groups excluding carboxylic acids is 2. The van der Waals surface area contributed by atoms with E-state index in [1.807, 2.05) is 44.2 Å². The summed E-state index contributed by atoms with van der Waals surface area (Å²) in [5.74, 6) is -0.0810. The molecule has 2 aliphatic rings. The highest BCUT2D eigenvalue weighted by molar-refractivity contribution is 7.89. The van der Waals surface area contributed by atoms with Crippen molar-refractivity contribution in [2.75, 3.05) is 31.6 Å². The first-order chi connectivity index (χ1) is 22.0. The Morgan fingerprint density at radius 2 is 1.85 bits per heavy atom. The fourth-order valence-electron chi connectivity index (χ4n) is 5.69. The van der Waals surface area contributed by atoms with Crippen LogP contribution < -0.4 is 10.6 Å². The number of nitrogens with one attached hydrogen (secondary N) is 3. The monoisotopic (exact) mass is 655 g/mol. The number of alkyl carbamates (subject to hydrolysis) is 1. The van der Waals surface area contributed by atoms with Crippen molar-refractivity contribution in [3.8, 4) is 11.3 Å². The number of H-pyrrole nitrogens is 1. The fourth-order valence-corrected chi connectivity index (χ4v) is 7.31. The minimum Gasteiger partial charge on any atom is -0.443 e. The van der Waals surface area contributed by atoms with Crippen molar-refractivity contribution in [3.05, 3.63) is 66.4 Å². The third kappa shape index (κ3) is 8.30. The molecular weight excluding hydrogens is 614 g/mol. The van der Waals surface area contributed by atoms with Gasteiger partial charge in [0.25, 0.3) is 0 Å². The number of benzene rings is 2. The lowest BCUT2D eigenvalue weighted by Crippen LogP contribution is -2.51. The van der Waals surface area contributed by atoms with Crippen LogP contribution >= 0.6 is 0 Å². The van der Waals surface area contributed by atoms with Gasteiger partial charge in [-0.2, -0.15) is 4.31 Å². The second kappa shape index (κ2) is 14.7. The van der Waals surface area contributed by atoms with Gasteiger partial charge in [-0.25, -0.2) is 18.2 Å². The molecule has 0 saturated carbocycles. The summed E-state index contributed by atoms with van der Waals surface area (Å²) in [7, 11) is -4.05. The van der Waals surface area contributed by atoms with Crippen LogP contribution in [0, 0.1) is 11.8 Å². The molecule has 0 radical (unpaired) electrons. The molecule has 0 spiro atoms. The number of sulfonamides is 1. The maximum Gasteiger partial charge on any atom is 0.407 e. The number of aromatic amines is 1. The Kier molecular flexibility index (Phi) is 10.7. The number of imidazole rings is 1. The van der Waals surface area contributed by atoms with Gasteiger partial charge in [0.2, 0.25) is 21.9 Å². The Morgan fingerprint density at radius 3 is 2.54 bits per heavy atom. The molecule has 5 atom stereocenters. The molecule has 14 heteroatoms. The highest BCUT2D eigenvalue weighted by Crippen LogP contribution is 2.33. The van der Waals surface area contributed by atoms with Crippen molar-refractivity contribution >= 4 is 28.0 Å². The van der Waals surface area contributed by atoms with E-state index in [9.17, 15) is 23.1 Å². The second-order valence-electron chi connectivity index (χ2n) is 12.0. The minimum atomic E-state index is -4.05. The van der Waals surface area contributed by atoms with Crippen molar-refractivity contribution in [3.63, 3.8) is 0 Å². The number of nitrogens with zero attached hydrogens (tertiary/aromatic N) is 2. The van der Waals surface area contributed by atoms with Crippen LogP contribution in [0.15, 0.2) is 65.7 Å². The van der Waals surface area contributed by atoms with Crippen LogP contribution in [0.25, 0.3) is 11.3 Å². The third-order valence-corrected chi connectivity index (χ3v) is 9.79. The second-order valence-corrected chi connectivity index (χ2v) is 14.0. The molecule has 2 amide bonds. The topological polar surface area (TPSA) is 172 Å². The summed E-state index contributed by atoms with van der Waals surface area (Å²) in [5, 5.41) is 16.9. The molecule has 3 unspecified atom stereocenters. The normalized spacial score (nSPS) is 20.8. The molecular formula is C32H41N5O8S. The maximum atomic E-state index is 13.9. The van der Waals surface area contributed by atoms with E-state index in [0.29, 0.717) is 17.9 Å². The Hall–Kier alpha value is -3.82. The number of hydrogen-bond acceptors (Lipinski definition) is 9. The molecule has 5 rings (SSSR count). The number of amides is 2. The SMILES string of the molecule is CC(=O)Nc1ncc(-c2ccc(S(=O)(=O)N(CC(C)C)C[C@@H](O)[C@H](Cc3ccccc3)NC(=O)OC3COC4OCCC34)cc2)[nH]1. The first-order valence-electron chi connectivity index (χ1n) is 15.3. The first-order valence-corrected chi connectivity index (χ1v) is 16.8. The molecule has 248 valence electrons. The number of aliphatic hydroxyl groups excluding tert-OH is 1. The average Bonchev–Trinajstić information content (AvgIpc) is 3.76. The van der Waals surface area contributed by atoms with Crippen LogP contribution in [-0.4, -0.2) is 90.6 Å². The smallest absolute Gasteiger partial charge is 0.407 e. The van der Waals surface area contributed by atoms with Crippen molar-refractivity contribution < 1.29 is 37.3 Å². The maximum absolute atomic E-state index is 13.9. The van der Waals surface area contributed by atoms with Crippen LogP contribution in [-0.2, 0) is 35.4 Å². The van der Waals surface area contributed by atoms with Gasteiger partial charge in [0, 0.05) is 20.0 Å². The van der Waals surface area contributed by atoms with E-state index in [4.69, 9.17) is 14.2 Å². The van der Waals surface area contributed by atoms with Crippen molar-refractivity contribution in [2.24, 2.45) is 11.8 Å². The minimum absolute atomic E-state index is 0.0474. The first kappa shape index (κ1) is 33.5. The third-order valence-electron chi connectivity index (χ3n) is 7.94. The largest absolute Gasteiger partial charge is 0.443 e. The van der Waals surface area contributed by atoms with Gasteiger partial charge in [0.15, 0.2) is 6.29 Å². The van der Waals surface area contributed by atoms with Crippen LogP contribution in [0.4, 0.5) is 10.7 Å². The van der Waals surface area contributed by atoms with Gasteiger partial charge >= 0.3 is 6.09 Å². The molecule has 46 heavy (non-hydrogen) atoms. The standard InChI is InChI=1S/C32H41N5O8S/c1-20(2)17-37(46(41,42)24-11-9-23(10-12-24)27-16-33-31(35-27)34-21(3)38)18-28(39)26(15-22-7-5-4-6-8-22)36-32(40)45-29-19-44-30-25(29)13-14-43-30/h4-12,16,20,25-26,28-30,39H,13-15,17-19H2,1-3H3,(H,36,40)(H2,33,34,35,38)/t25?,26-,28+,29?,30?/m0/s1. The zero-order valence-electron chi connectivity index (χ0n) is 26.1. The molecule has 13 nitrogen and oxygen atoms in total. The number of aromatic nitrogens is 2. The van der Waals surface area contributed by atoms with E-state index in [2.05, 4.69) is 20.6 Å². The number of carbonyl (C=O) groups is 2. The molecule has 2 aromatic carbocycles. The number of fused-ring (bicyclic) bond motifs is 1. The zero-order chi connectivity index (χ0) is 32.8. The predicted octanol–water partition coefficient (Wildman–Crippen LogP) is 3.14. The highest BCUT2D eigenvalue weighted by Gasteiger charge is 2.44. The Balaban J connectivity index is 1.32. The molecule has 0 aliphatic carbocycles. The van der Waals surface area contributed by atoms with Crippen LogP contribution in [0.5, 0.6) is 0 Å². The van der Waals surface area contributed by atoms with E-state index in [1.165, 1.54) is 23.4 Å². The van der Waals surface area contributed by atoms with Crippen LogP contribution in [0.1, 0.15) is 32.8 Å². The van der Waals surface area contributed by atoms with E-state index in [1.54, 1.807) is 18.3 Å². The van der Waals surface area contributed by atoms with E-state index in [0.717, 1.165) is 12.0 Å². The summed E-state index contributed by atoms with van der Waals surface area (Å²) in [6.45, 7) is 5.81. The summed E-state index contributed by atoms with van der Waals surface area (Å²) < 4.78 is 45.9. The number of anilines is 1.